The predicted octanol–water partition coefficient (Wildman–Crippen LogP) is 4.05. The molecule has 2 aliphatic carbocycles. The van der Waals surface area contributed by atoms with Gasteiger partial charge >= 0.3 is 0 Å². The van der Waals surface area contributed by atoms with E-state index in [4.69, 9.17) is 0 Å². The van der Waals surface area contributed by atoms with Crippen LogP contribution in [0.25, 0.3) is 0 Å². The minimum absolute atomic E-state index is 0. The van der Waals surface area contributed by atoms with E-state index in [2.05, 4.69) is 20.5 Å². The van der Waals surface area contributed by atoms with Gasteiger partial charge in [-0.05, 0) is 56.2 Å². The van der Waals surface area contributed by atoms with Crippen molar-refractivity contribution in [1.82, 2.24) is 15.5 Å². The van der Waals surface area contributed by atoms with Crippen molar-refractivity contribution in [2.75, 3.05) is 26.7 Å². The van der Waals surface area contributed by atoms with Gasteiger partial charge in [-0.15, -0.1) is 24.0 Å². The van der Waals surface area contributed by atoms with E-state index in [0.717, 1.165) is 37.0 Å². The lowest BCUT2D eigenvalue weighted by Crippen LogP contribution is -2.51. The average molecular weight is 500 g/mol. The number of likely N-dealkylation sites (tertiary alicyclic amines) is 1. The summed E-state index contributed by atoms with van der Waals surface area (Å²) in [7, 11) is 1.84. The normalized spacial score (nSPS) is 23.3. The molecular weight excluding hydrogens is 466 g/mol. The van der Waals surface area contributed by atoms with Gasteiger partial charge < -0.3 is 15.5 Å². The van der Waals surface area contributed by atoms with E-state index in [-0.39, 0.29) is 35.2 Å². The molecule has 0 radical (unpaired) electrons. The van der Waals surface area contributed by atoms with Crippen molar-refractivity contribution in [1.29, 1.82) is 0 Å². The molecule has 28 heavy (non-hydrogen) atoms. The van der Waals surface area contributed by atoms with Crippen LogP contribution in [0.1, 0.15) is 56.9 Å². The number of hydrogen-bond donors (Lipinski definition) is 2. The van der Waals surface area contributed by atoms with E-state index >= 15 is 0 Å². The lowest BCUT2D eigenvalue weighted by Gasteiger charge is -2.36. The number of nitrogens with one attached hydrogen (secondary N) is 2. The smallest absolute Gasteiger partial charge is 0.191 e. The number of nitrogens with zero attached hydrogens (tertiary/aromatic N) is 2. The molecule has 1 aromatic carbocycles. The van der Waals surface area contributed by atoms with Gasteiger partial charge in [0, 0.05) is 44.2 Å². The topological polar surface area (TPSA) is 39.7 Å². The van der Waals surface area contributed by atoms with Gasteiger partial charge in [-0.3, -0.25) is 4.99 Å². The maximum atomic E-state index is 13.6. The average Bonchev–Trinajstić information content (AvgIpc) is 3.29. The summed E-state index contributed by atoms with van der Waals surface area (Å²) in [4.78, 5) is 7.13. The number of hydrogen-bond acceptors (Lipinski definition) is 2. The van der Waals surface area contributed by atoms with E-state index in [1.807, 2.05) is 19.2 Å². The van der Waals surface area contributed by atoms with Crippen LogP contribution in [0.15, 0.2) is 29.3 Å². The molecule has 1 heterocycles. The lowest BCUT2D eigenvalue weighted by atomic mass is 9.96. The van der Waals surface area contributed by atoms with E-state index < -0.39 is 0 Å². The Morgan fingerprint density at radius 2 is 1.89 bits per heavy atom. The van der Waals surface area contributed by atoms with Gasteiger partial charge in [0.15, 0.2) is 5.96 Å². The standard InChI is InChI=1S/C22H33FN4.HI/c1-24-21(25-16-22(11-12-22)17-5-4-6-18(23)15-17)26-19-9-13-27(14-10-19)20-7-2-3-8-20;/h4-6,15,19-20H,2-3,7-14,16H2,1H3,(H2,24,25,26);1H. The third kappa shape index (κ3) is 5.17. The van der Waals surface area contributed by atoms with Gasteiger partial charge in [0.1, 0.15) is 5.82 Å². The molecule has 156 valence electrons. The van der Waals surface area contributed by atoms with Gasteiger partial charge in [0.25, 0.3) is 0 Å². The molecular formula is C22H34FIN4. The van der Waals surface area contributed by atoms with E-state index in [9.17, 15) is 4.39 Å². The summed E-state index contributed by atoms with van der Waals surface area (Å²) in [5.41, 5.74) is 1.18. The number of rotatable bonds is 5. The van der Waals surface area contributed by atoms with Gasteiger partial charge in [-0.1, -0.05) is 25.0 Å². The van der Waals surface area contributed by atoms with Gasteiger partial charge in [-0.2, -0.15) is 0 Å². The Labute approximate surface area is 185 Å². The highest BCUT2D eigenvalue weighted by Gasteiger charge is 2.44. The lowest BCUT2D eigenvalue weighted by molar-refractivity contribution is 0.150. The Morgan fingerprint density at radius 1 is 1.18 bits per heavy atom. The number of guanidine groups is 1. The van der Waals surface area contributed by atoms with Crippen molar-refractivity contribution in [3.8, 4) is 0 Å². The van der Waals surface area contributed by atoms with Gasteiger partial charge in [-0.25, -0.2) is 4.39 Å². The number of halogens is 2. The molecule has 6 heteroatoms. The van der Waals surface area contributed by atoms with Crippen LogP contribution >= 0.6 is 24.0 Å². The first-order valence-electron chi connectivity index (χ1n) is 10.7. The van der Waals surface area contributed by atoms with E-state index in [1.54, 1.807) is 6.07 Å². The molecule has 3 fully saturated rings. The Hall–Kier alpha value is -0.890. The summed E-state index contributed by atoms with van der Waals surface area (Å²) in [5, 5.41) is 7.12. The van der Waals surface area contributed by atoms with Crippen LogP contribution in [0.2, 0.25) is 0 Å². The van der Waals surface area contributed by atoms with E-state index in [0.29, 0.717) is 6.04 Å². The summed E-state index contributed by atoms with van der Waals surface area (Å²) in [6, 6.07) is 8.40. The number of benzene rings is 1. The second kappa shape index (κ2) is 9.74. The second-order valence-electron chi connectivity index (χ2n) is 8.61. The molecule has 0 spiro atoms. The van der Waals surface area contributed by atoms with Crippen LogP contribution in [0.3, 0.4) is 0 Å². The highest BCUT2D eigenvalue weighted by Crippen LogP contribution is 2.47. The summed E-state index contributed by atoms with van der Waals surface area (Å²) < 4.78 is 13.6. The summed E-state index contributed by atoms with van der Waals surface area (Å²) in [5.74, 6) is 0.743. The zero-order valence-corrected chi connectivity index (χ0v) is 19.3. The Kier molecular flexibility index (Phi) is 7.59. The molecule has 4 nitrogen and oxygen atoms in total. The highest BCUT2D eigenvalue weighted by atomic mass is 127. The maximum absolute atomic E-state index is 13.6. The van der Waals surface area contributed by atoms with Crippen LogP contribution in [-0.4, -0.2) is 49.6 Å². The number of piperidine rings is 1. The van der Waals surface area contributed by atoms with Gasteiger partial charge in [0.2, 0.25) is 0 Å². The second-order valence-corrected chi connectivity index (χ2v) is 8.61. The molecule has 0 amide bonds. The van der Waals surface area contributed by atoms with Crippen molar-refractivity contribution >= 4 is 29.9 Å². The van der Waals surface area contributed by atoms with Crippen molar-refractivity contribution in [3.05, 3.63) is 35.6 Å². The molecule has 0 unspecified atom stereocenters. The first-order valence-corrected chi connectivity index (χ1v) is 10.7. The van der Waals surface area contributed by atoms with Crippen LogP contribution in [0.5, 0.6) is 0 Å². The third-order valence-corrected chi connectivity index (χ3v) is 6.82. The highest BCUT2D eigenvalue weighted by molar-refractivity contribution is 14.0. The zero-order valence-electron chi connectivity index (χ0n) is 16.9. The summed E-state index contributed by atoms with van der Waals surface area (Å²) in [6.45, 7) is 3.22. The molecule has 0 aromatic heterocycles. The molecule has 0 atom stereocenters. The fourth-order valence-electron chi connectivity index (χ4n) is 4.86. The van der Waals surface area contributed by atoms with Crippen molar-refractivity contribution in [3.63, 3.8) is 0 Å². The van der Waals surface area contributed by atoms with Crippen molar-refractivity contribution < 1.29 is 4.39 Å². The molecule has 2 saturated carbocycles. The Morgan fingerprint density at radius 3 is 2.50 bits per heavy atom. The third-order valence-electron chi connectivity index (χ3n) is 6.82. The van der Waals surface area contributed by atoms with E-state index in [1.165, 1.54) is 57.7 Å². The van der Waals surface area contributed by atoms with Crippen molar-refractivity contribution in [2.24, 2.45) is 4.99 Å². The monoisotopic (exact) mass is 500 g/mol. The molecule has 2 N–H and O–H groups in total. The fourth-order valence-corrected chi connectivity index (χ4v) is 4.86. The Bertz CT molecular complexity index is 662. The molecule has 1 aromatic rings. The minimum atomic E-state index is -0.143. The summed E-state index contributed by atoms with van der Waals surface area (Å²) >= 11 is 0. The Balaban J connectivity index is 0.00000225. The largest absolute Gasteiger partial charge is 0.356 e. The maximum Gasteiger partial charge on any atom is 0.191 e. The fraction of sp³-hybridized carbons (Fsp3) is 0.682. The van der Waals surface area contributed by atoms with Crippen LogP contribution in [0.4, 0.5) is 4.39 Å². The molecule has 3 aliphatic rings. The van der Waals surface area contributed by atoms with Gasteiger partial charge in [0.05, 0.1) is 0 Å². The molecule has 1 saturated heterocycles. The summed E-state index contributed by atoms with van der Waals surface area (Å²) in [6.07, 6.45) is 10.2. The number of aliphatic imine (C=N–C) groups is 1. The predicted molar refractivity (Wildman–Crippen MR) is 124 cm³/mol. The molecule has 0 bridgehead atoms. The quantitative estimate of drug-likeness (QED) is 0.364. The van der Waals surface area contributed by atoms with Crippen molar-refractivity contribution in [2.45, 2.75) is 68.9 Å². The zero-order chi connectivity index (χ0) is 18.7. The minimum Gasteiger partial charge on any atom is -0.356 e. The van der Waals surface area contributed by atoms with Crippen LogP contribution in [0, 0.1) is 5.82 Å². The SMILES string of the molecule is CN=C(NCC1(c2cccc(F)c2)CC1)NC1CCN(C2CCCC2)CC1.I. The first-order chi connectivity index (χ1) is 13.2. The molecule has 4 rings (SSSR count). The van der Waals surface area contributed by atoms with Crippen LogP contribution in [-0.2, 0) is 5.41 Å². The first kappa shape index (κ1) is 21.8. The van der Waals surface area contributed by atoms with Crippen LogP contribution < -0.4 is 10.6 Å². The molecule has 1 aliphatic heterocycles.